The molecule has 0 atom stereocenters. The zero-order valence-electron chi connectivity index (χ0n) is 9.76. The summed E-state index contributed by atoms with van der Waals surface area (Å²) < 4.78 is 0. The summed E-state index contributed by atoms with van der Waals surface area (Å²) in [7, 11) is 0. The first-order valence-corrected chi connectivity index (χ1v) is 5.63. The summed E-state index contributed by atoms with van der Waals surface area (Å²) in [5.74, 6) is 1.54. The Kier molecular flexibility index (Phi) is 4.33. The lowest BCUT2D eigenvalue weighted by Gasteiger charge is -2.11. The van der Waals surface area contributed by atoms with Crippen LogP contribution in [0.1, 0.15) is 31.4 Å². The van der Waals surface area contributed by atoms with Gasteiger partial charge in [0.15, 0.2) is 11.0 Å². The number of aromatic nitrogens is 2. The van der Waals surface area contributed by atoms with E-state index in [-0.39, 0.29) is 0 Å². The van der Waals surface area contributed by atoms with Gasteiger partial charge < -0.3 is 5.32 Å². The summed E-state index contributed by atoms with van der Waals surface area (Å²) in [6, 6.07) is 0. The molecule has 0 fully saturated rings. The predicted octanol–water partition coefficient (Wildman–Crippen LogP) is 3.20. The van der Waals surface area contributed by atoms with Crippen LogP contribution in [0, 0.1) is 19.8 Å². The maximum atomic E-state index is 5.87. The lowest BCUT2D eigenvalue weighted by molar-refractivity contribution is 0.606. The van der Waals surface area contributed by atoms with Crippen molar-refractivity contribution in [2.24, 2.45) is 5.92 Å². The standard InChI is InChI=1S/C11H18ClN3/c1-7(2)5-6-13-11-9(4)8(3)10(12)14-15-11/h7H,5-6H2,1-4H3,(H,13,15). The minimum Gasteiger partial charge on any atom is -0.368 e. The van der Waals surface area contributed by atoms with Crippen molar-refractivity contribution in [3.8, 4) is 0 Å². The monoisotopic (exact) mass is 227 g/mol. The lowest BCUT2D eigenvalue weighted by Crippen LogP contribution is -2.09. The molecule has 0 aliphatic rings. The Morgan fingerprint density at radius 2 is 1.87 bits per heavy atom. The molecule has 1 N–H and O–H groups in total. The quantitative estimate of drug-likeness (QED) is 0.859. The van der Waals surface area contributed by atoms with Gasteiger partial charge in [-0.25, -0.2) is 0 Å². The zero-order chi connectivity index (χ0) is 11.4. The first-order valence-electron chi connectivity index (χ1n) is 5.25. The largest absolute Gasteiger partial charge is 0.368 e. The van der Waals surface area contributed by atoms with Crippen LogP contribution in [0.15, 0.2) is 0 Å². The Labute approximate surface area is 96.2 Å². The molecule has 0 saturated carbocycles. The van der Waals surface area contributed by atoms with E-state index in [1.54, 1.807) is 0 Å². The highest BCUT2D eigenvalue weighted by molar-refractivity contribution is 6.30. The van der Waals surface area contributed by atoms with Crippen molar-refractivity contribution < 1.29 is 0 Å². The van der Waals surface area contributed by atoms with E-state index in [4.69, 9.17) is 11.6 Å². The average Bonchev–Trinajstić information content (AvgIpc) is 2.18. The van der Waals surface area contributed by atoms with Crippen LogP contribution in [0.25, 0.3) is 0 Å². The lowest BCUT2D eigenvalue weighted by atomic mass is 10.1. The summed E-state index contributed by atoms with van der Waals surface area (Å²) in [6.45, 7) is 9.29. The number of hydrogen-bond donors (Lipinski definition) is 1. The molecule has 4 heteroatoms. The summed E-state index contributed by atoms with van der Waals surface area (Å²) in [4.78, 5) is 0. The molecular formula is C11H18ClN3. The number of rotatable bonds is 4. The molecule has 0 amide bonds. The van der Waals surface area contributed by atoms with Gasteiger partial charge in [-0.15, -0.1) is 10.2 Å². The van der Waals surface area contributed by atoms with Gasteiger partial charge in [0, 0.05) is 6.54 Å². The third-order valence-electron chi connectivity index (χ3n) is 2.48. The van der Waals surface area contributed by atoms with Gasteiger partial charge in [0.25, 0.3) is 0 Å². The van der Waals surface area contributed by atoms with Crippen molar-refractivity contribution in [3.63, 3.8) is 0 Å². The number of hydrogen-bond acceptors (Lipinski definition) is 3. The molecular weight excluding hydrogens is 210 g/mol. The molecule has 0 bridgehead atoms. The van der Waals surface area contributed by atoms with Gasteiger partial charge in [-0.1, -0.05) is 25.4 Å². The highest BCUT2D eigenvalue weighted by atomic mass is 35.5. The normalized spacial score (nSPS) is 10.8. The Morgan fingerprint density at radius 1 is 1.20 bits per heavy atom. The molecule has 84 valence electrons. The molecule has 0 spiro atoms. The Bertz CT molecular complexity index is 337. The van der Waals surface area contributed by atoms with Crippen LogP contribution in [0.2, 0.25) is 5.15 Å². The van der Waals surface area contributed by atoms with Gasteiger partial charge in [0.2, 0.25) is 0 Å². The van der Waals surface area contributed by atoms with E-state index in [2.05, 4.69) is 29.4 Å². The smallest absolute Gasteiger partial charge is 0.155 e. The molecule has 0 aliphatic heterocycles. The molecule has 0 unspecified atom stereocenters. The van der Waals surface area contributed by atoms with Crippen molar-refractivity contribution in [3.05, 3.63) is 16.3 Å². The fourth-order valence-electron chi connectivity index (χ4n) is 1.22. The van der Waals surface area contributed by atoms with Crippen LogP contribution < -0.4 is 5.32 Å². The average molecular weight is 228 g/mol. The fourth-order valence-corrected chi connectivity index (χ4v) is 1.40. The predicted molar refractivity (Wildman–Crippen MR) is 64.5 cm³/mol. The third-order valence-corrected chi connectivity index (χ3v) is 2.84. The Hall–Kier alpha value is -0.830. The fraction of sp³-hybridized carbons (Fsp3) is 0.636. The van der Waals surface area contributed by atoms with Crippen molar-refractivity contribution in [2.75, 3.05) is 11.9 Å². The van der Waals surface area contributed by atoms with E-state index in [1.807, 2.05) is 13.8 Å². The Morgan fingerprint density at radius 3 is 2.47 bits per heavy atom. The molecule has 1 rings (SSSR count). The number of nitrogens with zero attached hydrogens (tertiary/aromatic N) is 2. The zero-order valence-corrected chi connectivity index (χ0v) is 10.5. The molecule has 0 saturated heterocycles. The number of anilines is 1. The van der Waals surface area contributed by atoms with Gasteiger partial charge >= 0.3 is 0 Å². The first kappa shape index (κ1) is 12.2. The van der Waals surface area contributed by atoms with Crippen LogP contribution in [0.4, 0.5) is 5.82 Å². The minimum absolute atomic E-state index is 0.488. The topological polar surface area (TPSA) is 37.8 Å². The van der Waals surface area contributed by atoms with Crippen molar-refractivity contribution in [1.82, 2.24) is 10.2 Å². The molecule has 1 heterocycles. The second kappa shape index (κ2) is 5.31. The van der Waals surface area contributed by atoms with Crippen LogP contribution in [-0.2, 0) is 0 Å². The molecule has 1 aromatic rings. The summed E-state index contributed by atoms with van der Waals surface area (Å²) in [6.07, 6.45) is 1.13. The van der Waals surface area contributed by atoms with Crippen LogP contribution in [0.5, 0.6) is 0 Å². The van der Waals surface area contributed by atoms with Gasteiger partial charge in [-0.2, -0.15) is 0 Å². The van der Waals surface area contributed by atoms with E-state index >= 15 is 0 Å². The maximum absolute atomic E-state index is 5.87. The first-order chi connectivity index (χ1) is 7.02. The van der Waals surface area contributed by atoms with Crippen molar-refractivity contribution in [2.45, 2.75) is 34.1 Å². The summed E-state index contributed by atoms with van der Waals surface area (Å²) in [5.41, 5.74) is 2.08. The van der Waals surface area contributed by atoms with Crippen LogP contribution in [0.3, 0.4) is 0 Å². The van der Waals surface area contributed by atoms with Crippen molar-refractivity contribution >= 4 is 17.4 Å². The third kappa shape index (κ3) is 3.34. The second-order valence-electron chi connectivity index (χ2n) is 4.20. The number of nitrogens with one attached hydrogen (secondary N) is 1. The van der Waals surface area contributed by atoms with Crippen LogP contribution >= 0.6 is 11.6 Å². The molecule has 0 aromatic carbocycles. The summed E-state index contributed by atoms with van der Waals surface area (Å²) >= 11 is 5.87. The molecule has 3 nitrogen and oxygen atoms in total. The van der Waals surface area contributed by atoms with Crippen LogP contribution in [-0.4, -0.2) is 16.7 Å². The van der Waals surface area contributed by atoms with E-state index in [9.17, 15) is 0 Å². The van der Waals surface area contributed by atoms with E-state index in [0.29, 0.717) is 11.1 Å². The minimum atomic E-state index is 0.488. The highest BCUT2D eigenvalue weighted by Crippen LogP contribution is 2.20. The van der Waals surface area contributed by atoms with E-state index in [1.165, 1.54) is 0 Å². The Balaban J connectivity index is 2.66. The van der Waals surface area contributed by atoms with Gasteiger partial charge in [0.1, 0.15) is 0 Å². The molecule has 1 aromatic heterocycles. The molecule has 0 radical (unpaired) electrons. The van der Waals surface area contributed by atoms with E-state index < -0.39 is 0 Å². The summed E-state index contributed by atoms with van der Waals surface area (Å²) in [5, 5.41) is 11.7. The maximum Gasteiger partial charge on any atom is 0.155 e. The molecule has 15 heavy (non-hydrogen) atoms. The van der Waals surface area contributed by atoms with Gasteiger partial charge in [0.05, 0.1) is 0 Å². The molecule has 0 aliphatic carbocycles. The van der Waals surface area contributed by atoms with E-state index in [0.717, 1.165) is 29.9 Å². The highest BCUT2D eigenvalue weighted by Gasteiger charge is 2.07. The van der Waals surface area contributed by atoms with Gasteiger partial charge in [-0.3, -0.25) is 0 Å². The van der Waals surface area contributed by atoms with Crippen molar-refractivity contribution in [1.29, 1.82) is 0 Å². The SMILES string of the molecule is Cc1c(Cl)nnc(NCCC(C)C)c1C. The second-order valence-corrected chi connectivity index (χ2v) is 4.56. The number of halogens is 1. The van der Waals surface area contributed by atoms with Gasteiger partial charge in [-0.05, 0) is 37.3 Å².